The van der Waals surface area contributed by atoms with Crippen molar-refractivity contribution >= 4 is 5.91 Å². The lowest BCUT2D eigenvalue weighted by Crippen LogP contribution is -2.37. The van der Waals surface area contributed by atoms with E-state index < -0.39 is 6.10 Å². The monoisotopic (exact) mass is 341 g/mol. The lowest BCUT2D eigenvalue weighted by molar-refractivity contribution is -0.122. The molecule has 0 fully saturated rings. The molecule has 0 heterocycles. The van der Waals surface area contributed by atoms with Gasteiger partial charge in [0.2, 0.25) is 5.91 Å². The molecule has 0 aliphatic heterocycles. The Kier molecular flexibility index (Phi) is 6.59. The van der Waals surface area contributed by atoms with Gasteiger partial charge in [0.25, 0.3) is 0 Å². The van der Waals surface area contributed by atoms with E-state index in [2.05, 4.69) is 24.4 Å². The van der Waals surface area contributed by atoms with Crippen LogP contribution < -0.4 is 10.1 Å². The molecule has 0 saturated carbocycles. The number of hydrogen-bond acceptors (Lipinski definition) is 3. The van der Waals surface area contributed by atoms with Crippen molar-refractivity contribution in [1.82, 2.24) is 5.32 Å². The maximum absolute atomic E-state index is 12.3. The average molecular weight is 341 g/mol. The van der Waals surface area contributed by atoms with E-state index in [9.17, 15) is 9.90 Å². The molecule has 0 bridgehead atoms. The highest BCUT2D eigenvalue weighted by atomic mass is 16.5. The largest absolute Gasteiger partial charge is 0.497 e. The smallest absolute Gasteiger partial charge is 0.220 e. The highest BCUT2D eigenvalue weighted by molar-refractivity contribution is 5.77. The Bertz CT molecular complexity index is 697. The van der Waals surface area contributed by atoms with Crippen LogP contribution in [-0.4, -0.2) is 24.2 Å². The number of aliphatic hydroxyl groups is 1. The van der Waals surface area contributed by atoms with Gasteiger partial charge in [0.15, 0.2) is 0 Å². The van der Waals surface area contributed by atoms with Crippen molar-refractivity contribution in [3.8, 4) is 5.75 Å². The number of amides is 1. The van der Waals surface area contributed by atoms with Gasteiger partial charge in [-0.25, -0.2) is 0 Å². The summed E-state index contributed by atoms with van der Waals surface area (Å²) in [4.78, 5) is 12.3. The van der Waals surface area contributed by atoms with Gasteiger partial charge in [-0.1, -0.05) is 43.3 Å². The predicted molar refractivity (Wildman–Crippen MR) is 99.8 cm³/mol. The van der Waals surface area contributed by atoms with Gasteiger partial charge >= 0.3 is 0 Å². The van der Waals surface area contributed by atoms with Crippen molar-refractivity contribution in [3.05, 3.63) is 65.2 Å². The minimum Gasteiger partial charge on any atom is -0.497 e. The molecule has 1 amide bonds. The number of hydrogen-bond donors (Lipinski definition) is 2. The van der Waals surface area contributed by atoms with Gasteiger partial charge in [0.05, 0.1) is 19.3 Å². The number of rotatable bonds is 7. The van der Waals surface area contributed by atoms with Crippen LogP contribution in [0.3, 0.4) is 0 Å². The first-order valence-electron chi connectivity index (χ1n) is 8.59. The van der Waals surface area contributed by atoms with Crippen LogP contribution in [0, 0.1) is 6.92 Å². The van der Waals surface area contributed by atoms with Gasteiger partial charge in [0.1, 0.15) is 5.75 Å². The summed E-state index contributed by atoms with van der Waals surface area (Å²) in [6, 6.07) is 14.9. The number of carbonyl (C=O) groups is 1. The third kappa shape index (κ3) is 5.07. The van der Waals surface area contributed by atoms with Crippen LogP contribution in [0.5, 0.6) is 5.75 Å². The molecule has 25 heavy (non-hydrogen) atoms. The average Bonchev–Trinajstić information content (AvgIpc) is 2.61. The predicted octanol–water partition coefficient (Wildman–Crippen LogP) is 3.74. The second-order valence-electron chi connectivity index (χ2n) is 6.54. The molecule has 0 radical (unpaired) electrons. The maximum Gasteiger partial charge on any atom is 0.220 e. The quantitative estimate of drug-likeness (QED) is 0.807. The summed E-state index contributed by atoms with van der Waals surface area (Å²) in [6.07, 6.45) is -0.367. The number of benzene rings is 2. The Hall–Kier alpha value is -2.33. The molecule has 134 valence electrons. The van der Waals surface area contributed by atoms with E-state index in [1.54, 1.807) is 19.2 Å². The second-order valence-corrected chi connectivity index (χ2v) is 6.54. The lowest BCUT2D eigenvalue weighted by Gasteiger charge is -2.22. The van der Waals surface area contributed by atoms with E-state index in [0.717, 1.165) is 11.3 Å². The molecular formula is C21H27NO3. The Balaban J connectivity index is 1.93. The molecular weight excluding hydrogens is 314 g/mol. The molecule has 2 rings (SSSR count). The van der Waals surface area contributed by atoms with Gasteiger partial charge in [-0.3, -0.25) is 4.79 Å². The van der Waals surface area contributed by atoms with Crippen molar-refractivity contribution in [2.75, 3.05) is 7.11 Å². The zero-order chi connectivity index (χ0) is 18.4. The van der Waals surface area contributed by atoms with Crippen LogP contribution in [-0.2, 0) is 4.79 Å². The number of aliphatic hydroxyl groups excluding tert-OH is 1. The molecule has 2 N–H and O–H groups in total. The zero-order valence-electron chi connectivity index (χ0n) is 15.3. The summed E-state index contributed by atoms with van der Waals surface area (Å²) in [6.45, 7) is 5.91. The van der Waals surface area contributed by atoms with Crippen molar-refractivity contribution in [1.29, 1.82) is 0 Å². The van der Waals surface area contributed by atoms with E-state index in [1.807, 2.05) is 38.1 Å². The third-order valence-electron chi connectivity index (χ3n) is 4.53. The normalized spacial score (nSPS) is 14.4. The number of methoxy groups -OCH3 is 1. The summed E-state index contributed by atoms with van der Waals surface area (Å²) in [5.74, 6) is 0.807. The van der Waals surface area contributed by atoms with Gasteiger partial charge < -0.3 is 15.2 Å². The number of ether oxygens (including phenoxy) is 1. The fourth-order valence-electron chi connectivity index (χ4n) is 3.01. The maximum atomic E-state index is 12.3. The molecule has 2 aromatic rings. The molecule has 0 aromatic heterocycles. The number of nitrogens with one attached hydrogen (secondary N) is 1. The zero-order valence-corrected chi connectivity index (χ0v) is 15.3. The number of carbonyl (C=O) groups excluding carboxylic acids is 1. The first kappa shape index (κ1) is 19.0. The molecule has 3 unspecified atom stereocenters. The molecule has 0 aliphatic rings. The second kappa shape index (κ2) is 8.67. The molecule has 4 nitrogen and oxygen atoms in total. The summed E-state index contributed by atoms with van der Waals surface area (Å²) >= 11 is 0. The van der Waals surface area contributed by atoms with E-state index in [0.29, 0.717) is 6.42 Å². The Morgan fingerprint density at radius 2 is 1.76 bits per heavy atom. The summed E-state index contributed by atoms with van der Waals surface area (Å²) in [7, 11) is 1.60. The molecule has 0 saturated heterocycles. The van der Waals surface area contributed by atoms with Crippen LogP contribution in [0.1, 0.15) is 49.0 Å². The van der Waals surface area contributed by atoms with E-state index >= 15 is 0 Å². The first-order valence-corrected chi connectivity index (χ1v) is 8.59. The lowest BCUT2D eigenvalue weighted by atomic mass is 9.93. The SMILES string of the molecule is COc1ccc(C(O)C(C)NC(=O)CC(C)c2ccccc2C)cc1. The summed E-state index contributed by atoms with van der Waals surface area (Å²) in [5.41, 5.74) is 3.12. The molecule has 2 aromatic carbocycles. The van der Waals surface area contributed by atoms with Gasteiger partial charge in [-0.2, -0.15) is 0 Å². The fourth-order valence-corrected chi connectivity index (χ4v) is 3.01. The third-order valence-corrected chi connectivity index (χ3v) is 4.53. The minimum absolute atomic E-state index is 0.0594. The standard InChI is InChI=1S/C21H27NO3/c1-14-7-5-6-8-19(14)15(2)13-20(23)22-16(3)21(24)17-9-11-18(25-4)12-10-17/h5-12,15-16,21,24H,13H2,1-4H3,(H,22,23). The Morgan fingerprint density at radius 3 is 2.36 bits per heavy atom. The van der Waals surface area contributed by atoms with Crippen molar-refractivity contribution in [2.45, 2.75) is 45.3 Å². The Morgan fingerprint density at radius 1 is 1.12 bits per heavy atom. The van der Waals surface area contributed by atoms with Crippen LogP contribution >= 0.6 is 0 Å². The van der Waals surface area contributed by atoms with Crippen LogP contribution in [0.15, 0.2) is 48.5 Å². The van der Waals surface area contributed by atoms with E-state index in [4.69, 9.17) is 4.74 Å². The van der Waals surface area contributed by atoms with Crippen molar-refractivity contribution in [3.63, 3.8) is 0 Å². The summed E-state index contributed by atoms with van der Waals surface area (Å²) in [5, 5.41) is 13.3. The number of aryl methyl sites for hydroxylation is 1. The molecule has 4 heteroatoms. The first-order chi connectivity index (χ1) is 11.9. The van der Waals surface area contributed by atoms with E-state index in [1.165, 1.54) is 11.1 Å². The van der Waals surface area contributed by atoms with Gasteiger partial charge in [-0.05, 0) is 48.6 Å². The van der Waals surface area contributed by atoms with Gasteiger partial charge in [0, 0.05) is 6.42 Å². The molecule has 3 atom stereocenters. The minimum atomic E-state index is -0.761. The molecule has 0 spiro atoms. The highest BCUT2D eigenvalue weighted by Crippen LogP contribution is 2.23. The van der Waals surface area contributed by atoms with Crippen LogP contribution in [0.4, 0.5) is 0 Å². The van der Waals surface area contributed by atoms with Crippen molar-refractivity contribution in [2.24, 2.45) is 0 Å². The van der Waals surface area contributed by atoms with Crippen LogP contribution in [0.25, 0.3) is 0 Å². The Labute approximate surface area is 149 Å². The summed E-state index contributed by atoms with van der Waals surface area (Å²) < 4.78 is 5.12. The van der Waals surface area contributed by atoms with Crippen LogP contribution in [0.2, 0.25) is 0 Å². The molecule has 0 aliphatic carbocycles. The highest BCUT2D eigenvalue weighted by Gasteiger charge is 2.20. The topological polar surface area (TPSA) is 58.6 Å². The van der Waals surface area contributed by atoms with E-state index in [-0.39, 0.29) is 17.9 Å². The van der Waals surface area contributed by atoms with Crippen molar-refractivity contribution < 1.29 is 14.6 Å². The fraction of sp³-hybridized carbons (Fsp3) is 0.381. The van der Waals surface area contributed by atoms with Gasteiger partial charge in [-0.15, -0.1) is 0 Å².